The van der Waals surface area contributed by atoms with Crippen LogP contribution in [0.3, 0.4) is 0 Å². The Bertz CT molecular complexity index is 674. The Hall–Kier alpha value is -2.27. The van der Waals surface area contributed by atoms with Crippen molar-refractivity contribution >= 4 is 34.4 Å². The number of rotatable bonds is 5. The average molecular weight is 306 g/mol. The van der Waals surface area contributed by atoms with Crippen molar-refractivity contribution < 1.29 is 4.92 Å². The molecular weight excluding hydrogens is 290 g/mol. The zero-order chi connectivity index (χ0) is 15.4. The molecule has 5 nitrogen and oxygen atoms in total. The second-order valence-electron chi connectivity index (χ2n) is 4.64. The van der Waals surface area contributed by atoms with Crippen molar-refractivity contribution in [3.05, 3.63) is 57.1 Å². The van der Waals surface area contributed by atoms with Crippen molar-refractivity contribution in [2.75, 3.05) is 17.2 Å². The van der Waals surface area contributed by atoms with Gasteiger partial charge in [0.2, 0.25) is 0 Å². The summed E-state index contributed by atoms with van der Waals surface area (Å²) in [5, 5.41) is 17.9. The number of nitro groups is 1. The van der Waals surface area contributed by atoms with Gasteiger partial charge in [-0.3, -0.25) is 10.1 Å². The summed E-state index contributed by atoms with van der Waals surface area (Å²) in [6.07, 6.45) is 0. The van der Waals surface area contributed by atoms with Crippen LogP contribution in [-0.4, -0.2) is 11.5 Å². The Balaban J connectivity index is 2.33. The molecule has 0 atom stereocenters. The van der Waals surface area contributed by atoms with E-state index < -0.39 is 4.92 Å². The average Bonchev–Trinajstić information content (AvgIpc) is 2.43. The fourth-order valence-electron chi connectivity index (χ4n) is 1.93. The normalized spacial score (nSPS) is 10.2. The van der Waals surface area contributed by atoms with Crippen LogP contribution in [0.15, 0.2) is 36.4 Å². The first-order valence-electron chi connectivity index (χ1n) is 6.56. The molecule has 0 heterocycles. The molecular formula is C15H16ClN3O2. The highest BCUT2D eigenvalue weighted by Gasteiger charge is 2.10. The van der Waals surface area contributed by atoms with Gasteiger partial charge in [0.05, 0.1) is 4.92 Å². The lowest BCUT2D eigenvalue weighted by atomic mass is 10.2. The van der Waals surface area contributed by atoms with Crippen LogP contribution in [0, 0.1) is 17.0 Å². The standard InChI is InChI=1S/C15H16ClN3O2/c1-3-17-12-6-13(8-14(7-12)19(20)21)18-11-5-4-10(2)15(16)9-11/h4-9,17-18H,3H2,1-2H3. The van der Waals surface area contributed by atoms with Crippen LogP contribution in [0.5, 0.6) is 0 Å². The van der Waals surface area contributed by atoms with Gasteiger partial charge in [-0.25, -0.2) is 0 Å². The molecule has 0 bridgehead atoms. The SMILES string of the molecule is CCNc1cc(Nc2ccc(C)c(Cl)c2)cc([N+](=O)[O-])c1. The highest BCUT2D eigenvalue weighted by molar-refractivity contribution is 6.31. The van der Waals surface area contributed by atoms with E-state index in [0.717, 1.165) is 11.3 Å². The largest absolute Gasteiger partial charge is 0.385 e. The molecule has 2 rings (SSSR count). The summed E-state index contributed by atoms with van der Waals surface area (Å²) in [6.45, 7) is 4.55. The Labute approximate surface area is 128 Å². The maximum absolute atomic E-state index is 11.0. The topological polar surface area (TPSA) is 67.2 Å². The predicted molar refractivity (Wildman–Crippen MR) is 86.7 cm³/mol. The highest BCUT2D eigenvalue weighted by atomic mass is 35.5. The second-order valence-corrected chi connectivity index (χ2v) is 5.05. The van der Waals surface area contributed by atoms with Crippen molar-refractivity contribution in [2.45, 2.75) is 13.8 Å². The molecule has 0 fully saturated rings. The summed E-state index contributed by atoms with van der Waals surface area (Å²) in [6, 6.07) is 10.4. The zero-order valence-corrected chi connectivity index (χ0v) is 12.6. The Morgan fingerprint density at radius 2 is 1.86 bits per heavy atom. The van der Waals surface area contributed by atoms with Crippen LogP contribution in [0.1, 0.15) is 12.5 Å². The number of aryl methyl sites for hydroxylation is 1. The summed E-state index contributed by atoms with van der Waals surface area (Å²) in [5.74, 6) is 0. The van der Waals surface area contributed by atoms with E-state index in [1.807, 2.05) is 32.0 Å². The molecule has 21 heavy (non-hydrogen) atoms. The minimum Gasteiger partial charge on any atom is -0.385 e. The maximum atomic E-state index is 11.0. The van der Waals surface area contributed by atoms with Crippen molar-refractivity contribution in [3.8, 4) is 0 Å². The van der Waals surface area contributed by atoms with Crippen LogP contribution in [0.2, 0.25) is 5.02 Å². The van der Waals surface area contributed by atoms with Gasteiger partial charge in [0, 0.05) is 40.8 Å². The van der Waals surface area contributed by atoms with Gasteiger partial charge in [-0.1, -0.05) is 17.7 Å². The van der Waals surface area contributed by atoms with Crippen LogP contribution in [-0.2, 0) is 0 Å². The first-order valence-corrected chi connectivity index (χ1v) is 6.94. The first-order chi connectivity index (χ1) is 9.99. The van der Waals surface area contributed by atoms with Crippen molar-refractivity contribution in [1.29, 1.82) is 0 Å². The van der Waals surface area contributed by atoms with Crippen LogP contribution in [0.4, 0.5) is 22.7 Å². The lowest BCUT2D eigenvalue weighted by molar-refractivity contribution is -0.384. The molecule has 0 aromatic heterocycles. The molecule has 0 aliphatic heterocycles. The van der Waals surface area contributed by atoms with E-state index in [4.69, 9.17) is 11.6 Å². The van der Waals surface area contributed by atoms with Gasteiger partial charge in [-0.2, -0.15) is 0 Å². The maximum Gasteiger partial charge on any atom is 0.273 e. The summed E-state index contributed by atoms with van der Waals surface area (Å²) >= 11 is 6.08. The molecule has 110 valence electrons. The lowest BCUT2D eigenvalue weighted by Crippen LogP contribution is -2.00. The molecule has 0 amide bonds. The van der Waals surface area contributed by atoms with E-state index in [1.54, 1.807) is 6.07 Å². The fourth-order valence-corrected chi connectivity index (χ4v) is 2.11. The van der Waals surface area contributed by atoms with Crippen molar-refractivity contribution in [1.82, 2.24) is 0 Å². The molecule has 0 radical (unpaired) electrons. The molecule has 0 unspecified atom stereocenters. The van der Waals surface area contributed by atoms with Gasteiger partial charge in [0.1, 0.15) is 0 Å². The van der Waals surface area contributed by atoms with Crippen LogP contribution < -0.4 is 10.6 Å². The number of nitrogens with zero attached hydrogens (tertiary/aromatic N) is 1. The number of nitro benzene ring substituents is 1. The number of hydrogen-bond donors (Lipinski definition) is 2. The number of hydrogen-bond acceptors (Lipinski definition) is 4. The van der Waals surface area contributed by atoms with E-state index >= 15 is 0 Å². The van der Waals surface area contributed by atoms with Crippen LogP contribution >= 0.6 is 11.6 Å². The Morgan fingerprint density at radius 1 is 1.14 bits per heavy atom. The summed E-state index contributed by atoms with van der Waals surface area (Å²) in [5.41, 5.74) is 3.14. The molecule has 2 aromatic rings. The third-order valence-electron chi connectivity index (χ3n) is 2.97. The fraction of sp³-hybridized carbons (Fsp3) is 0.200. The van der Waals surface area contributed by atoms with Crippen molar-refractivity contribution in [2.24, 2.45) is 0 Å². The first kappa shape index (κ1) is 15.1. The molecule has 0 spiro atoms. The van der Waals surface area contributed by atoms with Gasteiger partial charge in [0.25, 0.3) is 5.69 Å². The predicted octanol–water partition coefficient (Wildman–Crippen LogP) is 4.73. The Kier molecular flexibility index (Phi) is 4.65. The molecule has 0 aliphatic rings. The van der Waals surface area contributed by atoms with Crippen LogP contribution in [0.25, 0.3) is 0 Å². The molecule has 0 saturated heterocycles. The third-order valence-corrected chi connectivity index (χ3v) is 3.38. The highest BCUT2D eigenvalue weighted by Crippen LogP contribution is 2.28. The van der Waals surface area contributed by atoms with Crippen molar-refractivity contribution in [3.63, 3.8) is 0 Å². The van der Waals surface area contributed by atoms with E-state index in [9.17, 15) is 10.1 Å². The van der Waals surface area contributed by atoms with Gasteiger partial charge in [-0.05, 0) is 37.6 Å². The quantitative estimate of drug-likeness (QED) is 0.619. The van der Waals surface area contributed by atoms with E-state index in [2.05, 4.69) is 10.6 Å². The van der Waals surface area contributed by atoms with E-state index in [0.29, 0.717) is 22.9 Å². The monoisotopic (exact) mass is 305 g/mol. The van der Waals surface area contributed by atoms with Gasteiger partial charge in [0.15, 0.2) is 0 Å². The van der Waals surface area contributed by atoms with Gasteiger partial charge in [-0.15, -0.1) is 0 Å². The minimum absolute atomic E-state index is 0.0363. The lowest BCUT2D eigenvalue weighted by Gasteiger charge is -2.10. The summed E-state index contributed by atoms with van der Waals surface area (Å²) < 4.78 is 0. The smallest absolute Gasteiger partial charge is 0.273 e. The number of halogens is 1. The third kappa shape index (κ3) is 3.86. The number of anilines is 3. The van der Waals surface area contributed by atoms with Gasteiger partial charge < -0.3 is 10.6 Å². The summed E-state index contributed by atoms with van der Waals surface area (Å²) in [7, 11) is 0. The number of benzene rings is 2. The molecule has 0 saturated carbocycles. The second kappa shape index (κ2) is 6.45. The summed E-state index contributed by atoms with van der Waals surface area (Å²) in [4.78, 5) is 10.6. The molecule has 0 aliphatic carbocycles. The van der Waals surface area contributed by atoms with E-state index in [-0.39, 0.29) is 5.69 Å². The number of non-ortho nitro benzene ring substituents is 1. The zero-order valence-electron chi connectivity index (χ0n) is 11.8. The Morgan fingerprint density at radius 3 is 2.48 bits per heavy atom. The minimum atomic E-state index is -0.409. The van der Waals surface area contributed by atoms with E-state index in [1.165, 1.54) is 12.1 Å². The molecule has 6 heteroatoms. The number of nitrogens with one attached hydrogen (secondary N) is 2. The van der Waals surface area contributed by atoms with Gasteiger partial charge >= 0.3 is 0 Å². The molecule has 2 N–H and O–H groups in total. The molecule has 2 aromatic carbocycles.